The first-order valence-electron chi connectivity index (χ1n) is 10.4. The number of hydrogen-bond donors (Lipinski definition) is 2. The Balaban J connectivity index is 1.61. The Morgan fingerprint density at radius 2 is 1.67 bits per heavy atom. The lowest BCUT2D eigenvalue weighted by Crippen LogP contribution is -3.08. The SMILES string of the molecule is COc1cccc(C[NH+](C)C[C@H](O)CO[C@H](c2ccccc2)c2ccccc2C)c1. The van der Waals surface area contributed by atoms with Gasteiger partial charge in [0.05, 0.1) is 20.8 Å². The predicted octanol–water partition coefficient (Wildman–Crippen LogP) is 3.19. The lowest BCUT2D eigenvalue weighted by molar-refractivity contribution is -0.897. The molecule has 0 radical (unpaired) electrons. The number of nitrogens with one attached hydrogen (secondary N) is 1. The van der Waals surface area contributed by atoms with E-state index in [9.17, 15) is 5.11 Å². The topological polar surface area (TPSA) is 43.1 Å². The summed E-state index contributed by atoms with van der Waals surface area (Å²) in [6, 6.07) is 26.5. The van der Waals surface area contributed by atoms with Crippen LogP contribution in [-0.2, 0) is 11.3 Å². The number of aliphatic hydroxyl groups is 1. The fraction of sp³-hybridized carbons (Fsp3) is 0.308. The van der Waals surface area contributed by atoms with E-state index in [4.69, 9.17) is 9.47 Å². The Morgan fingerprint density at radius 1 is 0.933 bits per heavy atom. The largest absolute Gasteiger partial charge is 0.497 e. The standard InChI is InChI=1S/C26H31NO3/c1-20-10-7-8-15-25(20)26(22-12-5-4-6-13-22)30-19-23(28)18-27(2)17-21-11-9-14-24(16-21)29-3/h4-16,23,26,28H,17-19H2,1-3H3/p+1/t23-,26+/m0/s1. The fourth-order valence-corrected chi connectivity index (χ4v) is 3.75. The van der Waals surface area contributed by atoms with Crippen molar-refractivity contribution in [1.82, 2.24) is 0 Å². The number of aryl methyl sites for hydroxylation is 1. The maximum Gasteiger partial charge on any atom is 0.126 e. The van der Waals surface area contributed by atoms with Crippen molar-refractivity contribution in [2.75, 3.05) is 27.3 Å². The van der Waals surface area contributed by atoms with E-state index in [1.54, 1.807) is 7.11 Å². The van der Waals surface area contributed by atoms with Crippen LogP contribution in [0.4, 0.5) is 0 Å². The number of methoxy groups -OCH3 is 1. The van der Waals surface area contributed by atoms with Crippen LogP contribution in [0.5, 0.6) is 5.75 Å². The van der Waals surface area contributed by atoms with Crippen molar-refractivity contribution in [2.45, 2.75) is 25.7 Å². The molecular weight excluding hydrogens is 374 g/mol. The van der Waals surface area contributed by atoms with Gasteiger partial charge in [-0.1, -0.05) is 66.7 Å². The van der Waals surface area contributed by atoms with E-state index >= 15 is 0 Å². The van der Waals surface area contributed by atoms with Gasteiger partial charge < -0.3 is 19.5 Å². The number of benzene rings is 3. The zero-order valence-electron chi connectivity index (χ0n) is 18.0. The summed E-state index contributed by atoms with van der Waals surface area (Å²) in [5.74, 6) is 0.855. The lowest BCUT2D eigenvalue weighted by Gasteiger charge is -2.24. The summed E-state index contributed by atoms with van der Waals surface area (Å²) >= 11 is 0. The second-order valence-corrected chi connectivity index (χ2v) is 7.82. The highest BCUT2D eigenvalue weighted by atomic mass is 16.5. The van der Waals surface area contributed by atoms with E-state index in [1.807, 2.05) is 48.5 Å². The van der Waals surface area contributed by atoms with Crippen LogP contribution < -0.4 is 9.64 Å². The molecule has 0 saturated carbocycles. The molecule has 3 aromatic rings. The Hall–Kier alpha value is -2.66. The first-order chi connectivity index (χ1) is 14.6. The molecule has 0 amide bonds. The van der Waals surface area contributed by atoms with Crippen LogP contribution >= 0.6 is 0 Å². The molecule has 1 unspecified atom stereocenters. The van der Waals surface area contributed by atoms with Gasteiger partial charge in [-0.2, -0.15) is 0 Å². The molecule has 0 aliphatic carbocycles. The Morgan fingerprint density at radius 3 is 2.40 bits per heavy atom. The van der Waals surface area contributed by atoms with E-state index in [0.29, 0.717) is 6.54 Å². The summed E-state index contributed by atoms with van der Waals surface area (Å²) < 4.78 is 11.6. The van der Waals surface area contributed by atoms with Gasteiger partial charge in [0.1, 0.15) is 31.0 Å². The van der Waals surface area contributed by atoms with Crippen molar-refractivity contribution in [3.05, 3.63) is 101 Å². The Kier molecular flexibility index (Phi) is 8.03. The van der Waals surface area contributed by atoms with Gasteiger partial charge in [0.15, 0.2) is 0 Å². The summed E-state index contributed by atoms with van der Waals surface area (Å²) in [5, 5.41) is 10.6. The van der Waals surface area contributed by atoms with Crippen molar-refractivity contribution >= 4 is 0 Å². The van der Waals surface area contributed by atoms with E-state index in [-0.39, 0.29) is 12.7 Å². The van der Waals surface area contributed by atoms with Gasteiger partial charge in [-0.25, -0.2) is 0 Å². The minimum absolute atomic E-state index is 0.194. The van der Waals surface area contributed by atoms with Gasteiger partial charge in [-0.05, 0) is 35.7 Å². The van der Waals surface area contributed by atoms with Crippen molar-refractivity contribution in [2.24, 2.45) is 0 Å². The van der Waals surface area contributed by atoms with E-state index in [1.165, 1.54) is 16.0 Å². The number of likely N-dealkylation sites (N-methyl/N-ethyl adjacent to an activating group) is 1. The molecule has 0 spiro atoms. The van der Waals surface area contributed by atoms with Crippen molar-refractivity contribution < 1.29 is 19.5 Å². The number of rotatable bonds is 10. The zero-order valence-corrected chi connectivity index (χ0v) is 18.0. The highest BCUT2D eigenvalue weighted by molar-refractivity contribution is 5.35. The molecule has 4 nitrogen and oxygen atoms in total. The summed E-state index contributed by atoms with van der Waals surface area (Å²) in [5.41, 5.74) is 4.59. The predicted molar refractivity (Wildman–Crippen MR) is 120 cm³/mol. The summed E-state index contributed by atoms with van der Waals surface area (Å²) in [6.45, 7) is 3.79. The second-order valence-electron chi connectivity index (χ2n) is 7.82. The van der Waals surface area contributed by atoms with E-state index in [2.05, 4.69) is 44.3 Å². The van der Waals surface area contributed by atoms with Crippen LogP contribution in [0.25, 0.3) is 0 Å². The van der Waals surface area contributed by atoms with Gasteiger partial charge in [0, 0.05) is 5.56 Å². The smallest absolute Gasteiger partial charge is 0.126 e. The van der Waals surface area contributed by atoms with Crippen LogP contribution in [0.3, 0.4) is 0 Å². The molecule has 0 aliphatic rings. The minimum atomic E-state index is -0.550. The maximum absolute atomic E-state index is 10.6. The van der Waals surface area contributed by atoms with Crippen LogP contribution in [0.2, 0.25) is 0 Å². The third kappa shape index (κ3) is 6.17. The summed E-state index contributed by atoms with van der Waals surface area (Å²) in [7, 11) is 3.76. The number of ether oxygens (including phenoxy) is 2. The third-order valence-corrected chi connectivity index (χ3v) is 5.25. The van der Waals surface area contributed by atoms with Gasteiger partial charge in [-0.3, -0.25) is 0 Å². The third-order valence-electron chi connectivity index (χ3n) is 5.25. The summed E-state index contributed by atoms with van der Waals surface area (Å²) in [6.07, 6.45) is -0.744. The van der Waals surface area contributed by atoms with Crippen molar-refractivity contribution in [3.8, 4) is 5.75 Å². The van der Waals surface area contributed by atoms with Crippen LogP contribution in [0.1, 0.15) is 28.4 Å². The fourth-order valence-electron chi connectivity index (χ4n) is 3.75. The van der Waals surface area contributed by atoms with Crippen molar-refractivity contribution in [1.29, 1.82) is 0 Å². The molecule has 2 N–H and O–H groups in total. The molecule has 0 bridgehead atoms. The molecule has 4 heteroatoms. The van der Waals surface area contributed by atoms with E-state index in [0.717, 1.165) is 23.4 Å². The Bertz CT molecular complexity index is 913. The zero-order chi connectivity index (χ0) is 21.3. The lowest BCUT2D eigenvalue weighted by atomic mass is 9.97. The minimum Gasteiger partial charge on any atom is -0.497 e. The molecule has 3 aromatic carbocycles. The average molecular weight is 407 g/mol. The molecule has 0 aromatic heterocycles. The van der Waals surface area contributed by atoms with Crippen molar-refractivity contribution in [3.63, 3.8) is 0 Å². The monoisotopic (exact) mass is 406 g/mol. The second kappa shape index (κ2) is 10.9. The molecule has 0 saturated heterocycles. The summed E-state index contributed by atoms with van der Waals surface area (Å²) in [4.78, 5) is 1.21. The maximum atomic E-state index is 10.6. The molecule has 0 fully saturated rings. The average Bonchev–Trinajstić information content (AvgIpc) is 2.76. The molecule has 30 heavy (non-hydrogen) atoms. The first-order valence-corrected chi connectivity index (χ1v) is 10.4. The Labute approximate surface area is 179 Å². The van der Waals surface area contributed by atoms with Gasteiger partial charge in [0.25, 0.3) is 0 Å². The van der Waals surface area contributed by atoms with Crippen LogP contribution in [0.15, 0.2) is 78.9 Å². The van der Waals surface area contributed by atoms with Gasteiger partial charge in [-0.15, -0.1) is 0 Å². The highest BCUT2D eigenvalue weighted by Crippen LogP contribution is 2.28. The molecule has 0 heterocycles. The van der Waals surface area contributed by atoms with Gasteiger partial charge >= 0.3 is 0 Å². The molecular formula is C26H32NO3+. The molecule has 0 aliphatic heterocycles. The highest BCUT2D eigenvalue weighted by Gasteiger charge is 2.20. The first kappa shape index (κ1) is 22.0. The molecule has 3 rings (SSSR count). The molecule has 3 atom stereocenters. The number of hydrogen-bond acceptors (Lipinski definition) is 3. The van der Waals surface area contributed by atoms with Crippen LogP contribution in [-0.4, -0.2) is 38.5 Å². The normalized spacial score (nSPS) is 14.1. The quantitative estimate of drug-likeness (QED) is 0.544. The van der Waals surface area contributed by atoms with E-state index < -0.39 is 6.10 Å². The number of quaternary nitrogens is 1. The number of aliphatic hydroxyl groups excluding tert-OH is 1. The van der Waals surface area contributed by atoms with Crippen LogP contribution in [0, 0.1) is 6.92 Å². The molecule has 158 valence electrons. The van der Waals surface area contributed by atoms with Gasteiger partial charge in [0.2, 0.25) is 0 Å².